The van der Waals surface area contributed by atoms with Crippen molar-refractivity contribution in [2.45, 2.75) is 18.9 Å². The predicted molar refractivity (Wildman–Crippen MR) is 55.8 cm³/mol. The van der Waals surface area contributed by atoms with Gasteiger partial charge in [0.25, 0.3) is 0 Å². The van der Waals surface area contributed by atoms with Gasteiger partial charge in [-0.1, -0.05) is 35.5 Å². The molecule has 78 valence electrons. The standard InChI is InChI=1S/C11H12N2O2/c14-10-7-6-9(13-15)11(12-10)8-4-2-1-3-5-8/h1-5,11,15H,6-7H2,(H,12,14). The van der Waals surface area contributed by atoms with Crippen molar-refractivity contribution >= 4 is 11.6 Å². The third-order valence-corrected chi connectivity index (χ3v) is 2.51. The molecule has 0 aliphatic carbocycles. The van der Waals surface area contributed by atoms with Crippen LogP contribution in [-0.4, -0.2) is 16.8 Å². The molecule has 2 rings (SSSR count). The van der Waals surface area contributed by atoms with E-state index in [1.54, 1.807) is 0 Å². The average Bonchev–Trinajstić information content (AvgIpc) is 2.30. The fourth-order valence-corrected chi connectivity index (χ4v) is 1.73. The number of oxime groups is 1. The maximum Gasteiger partial charge on any atom is 0.221 e. The summed E-state index contributed by atoms with van der Waals surface area (Å²) >= 11 is 0. The third-order valence-electron chi connectivity index (χ3n) is 2.51. The lowest BCUT2D eigenvalue weighted by Crippen LogP contribution is -2.38. The molecule has 2 N–H and O–H groups in total. The van der Waals surface area contributed by atoms with Crippen LogP contribution in [0, 0.1) is 0 Å². The minimum Gasteiger partial charge on any atom is -0.411 e. The van der Waals surface area contributed by atoms with E-state index in [0.717, 1.165) is 5.56 Å². The number of carbonyl (C=O) groups is 1. The monoisotopic (exact) mass is 204 g/mol. The van der Waals surface area contributed by atoms with Gasteiger partial charge in [-0.15, -0.1) is 0 Å². The zero-order valence-electron chi connectivity index (χ0n) is 8.18. The number of nitrogens with zero attached hydrogens (tertiary/aromatic N) is 1. The Morgan fingerprint density at radius 3 is 2.67 bits per heavy atom. The number of nitrogens with one attached hydrogen (secondary N) is 1. The third kappa shape index (κ3) is 1.98. The van der Waals surface area contributed by atoms with Gasteiger partial charge in [0.1, 0.15) is 0 Å². The molecule has 1 amide bonds. The van der Waals surface area contributed by atoms with Gasteiger partial charge in [-0.25, -0.2) is 0 Å². The summed E-state index contributed by atoms with van der Waals surface area (Å²) < 4.78 is 0. The minimum atomic E-state index is -0.280. The lowest BCUT2D eigenvalue weighted by atomic mass is 9.95. The molecule has 0 aromatic heterocycles. The van der Waals surface area contributed by atoms with Crippen molar-refractivity contribution in [3.05, 3.63) is 35.9 Å². The molecule has 4 heteroatoms. The molecule has 15 heavy (non-hydrogen) atoms. The topological polar surface area (TPSA) is 61.7 Å². The van der Waals surface area contributed by atoms with Gasteiger partial charge >= 0.3 is 0 Å². The van der Waals surface area contributed by atoms with Gasteiger partial charge < -0.3 is 10.5 Å². The number of rotatable bonds is 1. The molecular formula is C11H12N2O2. The van der Waals surface area contributed by atoms with E-state index in [4.69, 9.17) is 5.21 Å². The molecule has 1 heterocycles. The highest BCUT2D eigenvalue weighted by Gasteiger charge is 2.26. The summed E-state index contributed by atoms with van der Waals surface area (Å²) in [6.45, 7) is 0. The van der Waals surface area contributed by atoms with E-state index in [2.05, 4.69) is 10.5 Å². The molecule has 0 spiro atoms. The van der Waals surface area contributed by atoms with Crippen LogP contribution in [0.25, 0.3) is 0 Å². The number of carbonyl (C=O) groups excluding carboxylic acids is 1. The Morgan fingerprint density at radius 1 is 1.27 bits per heavy atom. The maximum atomic E-state index is 11.3. The number of piperidine rings is 1. The highest BCUT2D eigenvalue weighted by Crippen LogP contribution is 2.20. The normalized spacial score (nSPS) is 23.9. The number of hydrogen-bond donors (Lipinski definition) is 2. The van der Waals surface area contributed by atoms with Crippen LogP contribution in [0.2, 0.25) is 0 Å². The van der Waals surface area contributed by atoms with Crippen molar-refractivity contribution in [3.8, 4) is 0 Å². The van der Waals surface area contributed by atoms with Gasteiger partial charge in [0.15, 0.2) is 0 Å². The molecule has 1 fully saturated rings. The Hall–Kier alpha value is -1.84. The fraction of sp³-hybridized carbons (Fsp3) is 0.273. The molecule has 0 bridgehead atoms. The van der Waals surface area contributed by atoms with Crippen LogP contribution >= 0.6 is 0 Å². The predicted octanol–water partition coefficient (Wildman–Crippen LogP) is 1.47. The van der Waals surface area contributed by atoms with Gasteiger partial charge in [0.05, 0.1) is 11.8 Å². The summed E-state index contributed by atoms with van der Waals surface area (Å²) in [4.78, 5) is 11.3. The molecule has 1 aromatic rings. The zero-order valence-corrected chi connectivity index (χ0v) is 8.18. The Balaban J connectivity index is 2.29. The quantitative estimate of drug-likeness (QED) is 0.537. The van der Waals surface area contributed by atoms with Crippen LogP contribution in [0.1, 0.15) is 24.4 Å². The van der Waals surface area contributed by atoms with Gasteiger partial charge in [0, 0.05) is 12.8 Å². The molecule has 1 aliphatic rings. The molecule has 1 aliphatic heterocycles. The largest absolute Gasteiger partial charge is 0.411 e. The van der Waals surface area contributed by atoms with E-state index in [0.29, 0.717) is 18.6 Å². The van der Waals surface area contributed by atoms with Gasteiger partial charge in [0.2, 0.25) is 5.91 Å². The summed E-state index contributed by atoms with van der Waals surface area (Å²) in [6, 6.07) is 9.22. The smallest absolute Gasteiger partial charge is 0.221 e. The second-order valence-corrected chi connectivity index (χ2v) is 3.50. The lowest BCUT2D eigenvalue weighted by Gasteiger charge is -2.24. The van der Waals surface area contributed by atoms with Crippen molar-refractivity contribution in [1.29, 1.82) is 0 Å². The Kier molecular flexibility index (Phi) is 2.67. The molecule has 0 radical (unpaired) electrons. The van der Waals surface area contributed by atoms with Crippen LogP contribution in [0.5, 0.6) is 0 Å². The number of benzene rings is 1. The van der Waals surface area contributed by atoms with Gasteiger partial charge in [-0.05, 0) is 5.56 Å². The summed E-state index contributed by atoms with van der Waals surface area (Å²) in [5.41, 5.74) is 1.55. The van der Waals surface area contributed by atoms with Crippen LogP contribution in [0.3, 0.4) is 0 Å². The first-order valence-electron chi connectivity index (χ1n) is 4.86. The summed E-state index contributed by atoms with van der Waals surface area (Å²) in [7, 11) is 0. The molecule has 1 saturated heterocycles. The van der Waals surface area contributed by atoms with Crippen molar-refractivity contribution < 1.29 is 10.0 Å². The van der Waals surface area contributed by atoms with Crippen molar-refractivity contribution in [1.82, 2.24) is 5.32 Å². The van der Waals surface area contributed by atoms with E-state index in [1.807, 2.05) is 30.3 Å². The first-order valence-corrected chi connectivity index (χ1v) is 4.86. The zero-order chi connectivity index (χ0) is 10.7. The van der Waals surface area contributed by atoms with Gasteiger partial charge in [-0.2, -0.15) is 0 Å². The van der Waals surface area contributed by atoms with Crippen LogP contribution in [0.15, 0.2) is 35.5 Å². The van der Waals surface area contributed by atoms with Crippen LogP contribution < -0.4 is 5.32 Å². The summed E-state index contributed by atoms with van der Waals surface area (Å²) in [6.07, 6.45) is 0.907. The lowest BCUT2D eigenvalue weighted by molar-refractivity contribution is -0.121. The molecule has 1 atom stereocenters. The first kappa shape index (κ1) is 9.71. The molecular weight excluding hydrogens is 192 g/mol. The van der Waals surface area contributed by atoms with Crippen LogP contribution in [0.4, 0.5) is 0 Å². The molecule has 1 unspecified atom stereocenters. The van der Waals surface area contributed by atoms with E-state index >= 15 is 0 Å². The number of amides is 1. The highest BCUT2D eigenvalue weighted by atomic mass is 16.4. The molecule has 0 saturated carbocycles. The molecule has 1 aromatic carbocycles. The molecule has 4 nitrogen and oxygen atoms in total. The van der Waals surface area contributed by atoms with E-state index in [1.165, 1.54) is 0 Å². The minimum absolute atomic E-state index is 0.00347. The highest BCUT2D eigenvalue weighted by molar-refractivity contribution is 5.98. The average molecular weight is 204 g/mol. The maximum absolute atomic E-state index is 11.3. The van der Waals surface area contributed by atoms with Crippen molar-refractivity contribution in [2.75, 3.05) is 0 Å². The Bertz CT molecular complexity index is 387. The summed E-state index contributed by atoms with van der Waals surface area (Å²) in [5, 5.41) is 14.9. The Morgan fingerprint density at radius 2 is 2.00 bits per heavy atom. The second kappa shape index (κ2) is 4.13. The van der Waals surface area contributed by atoms with E-state index in [-0.39, 0.29) is 11.9 Å². The second-order valence-electron chi connectivity index (χ2n) is 3.50. The summed E-state index contributed by atoms with van der Waals surface area (Å²) in [5.74, 6) is -0.00347. The Labute approximate surface area is 87.6 Å². The van der Waals surface area contributed by atoms with E-state index in [9.17, 15) is 4.79 Å². The van der Waals surface area contributed by atoms with E-state index < -0.39 is 0 Å². The SMILES string of the molecule is O=C1CCC(=NO)C(c2ccccc2)N1. The fourth-order valence-electron chi connectivity index (χ4n) is 1.73. The first-order chi connectivity index (χ1) is 7.31. The number of hydrogen-bond acceptors (Lipinski definition) is 3. The van der Waals surface area contributed by atoms with Crippen LogP contribution in [-0.2, 0) is 4.79 Å². The van der Waals surface area contributed by atoms with Gasteiger partial charge in [-0.3, -0.25) is 4.79 Å². The van der Waals surface area contributed by atoms with Crippen molar-refractivity contribution in [3.63, 3.8) is 0 Å². The van der Waals surface area contributed by atoms with Crippen molar-refractivity contribution in [2.24, 2.45) is 5.16 Å².